The van der Waals surface area contributed by atoms with E-state index in [1.807, 2.05) is 24.3 Å². The van der Waals surface area contributed by atoms with Crippen molar-refractivity contribution in [2.45, 2.75) is 20.5 Å². The molecule has 0 saturated carbocycles. The van der Waals surface area contributed by atoms with Gasteiger partial charge in [0.15, 0.2) is 0 Å². The van der Waals surface area contributed by atoms with Crippen molar-refractivity contribution in [3.63, 3.8) is 0 Å². The number of primary amides is 1. The number of benzene rings is 2. The molecule has 1 aromatic heterocycles. The van der Waals surface area contributed by atoms with Gasteiger partial charge in [-0.15, -0.1) is 0 Å². The molecule has 0 fully saturated rings. The van der Waals surface area contributed by atoms with Crippen LogP contribution in [0.4, 0.5) is 0 Å². The second kappa shape index (κ2) is 6.58. The van der Waals surface area contributed by atoms with Gasteiger partial charge in [0.1, 0.15) is 18.1 Å². The number of carbonyl (C=O) groups excluding carboxylic acids is 1. The fraction of sp³-hybridized carbons (Fsp3) is 0.158. The highest BCUT2D eigenvalue weighted by atomic mass is 16.5. The molecule has 0 unspecified atom stereocenters. The van der Waals surface area contributed by atoms with Crippen molar-refractivity contribution in [1.29, 1.82) is 0 Å². The van der Waals surface area contributed by atoms with Crippen molar-refractivity contribution < 1.29 is 14.1 Å². The summed E-state index contributed by atoms with van der Waals surface area (Å²) >= 11 is 0. The Bertz CT molecular complexity index is 867. The van der Waals surface area contributed by atoms with Crippen molar-refractivity contribution in [1.82, 2.24) is 5.16 Å². The van der Waals surface area contributed by atoms with Crippen LogP contribution in [-0.2, 0) is 6.61 Å². The van der Waals surface area contributed by atoms with Crippen LogP contribution in [0.5, 0.6) is 5.75 Å². The van der Waals surface area contributed by atoms with Gasteiger partial charge in [-0.3, -0.25) is 4.79 Å². The number of aryl methyl sites for hydroxylation is 2. The van der Waals surface area contributed by atoms with Gasteiger partial charge in [-0.25, -0.2) is 0 Å². The minimum Gasteiger partial charge on any atom is -0.489 e. The van der Waals surface area contributed by atoms with Crippen LogP contribution >= 0.6 is 0 Å². The van der Waals surface area contributed by atoms with Gasteiger partial charge in [0.2, 0.25) is 5.76 Å². The van der Waals surface area contributed by atoms with E-state index in [9.17, 15) is 4.79 Å². The molecule has 0 atom stereocenters. The molecule has 2 N–H and O–H groups in total. The highest BCUT2D eigenvalue weighted by Gasteiger charge is 2.10. The predicted octanol–water partition coefficient (Wildman–Crippen LogP) is 3.64. The lowest BCUT2D eigenvalue weighted by Gasteiger charge is -2.08. The highest BCUT2D eigenvalue weighted by Crippen LogP contribution is 2.23. The number of ether oxygens (including phenoxy) is 1. The Morgan fingerprint density at radius 3 is 2.46 bits per heavy atom. The van der Waals surface area contributed by atoms with Gasteiger partial charge in [-0.1, -0.05) is 23.4 Å². The molecule has 3 aromatic rings. The molecule has 24 heavy (non-hydrogen) atoms. The van der Waals surface area contributed by atoms with E-state index < -0.39 is 5.91 Å². The summed E-state index contributed by atoms with van der Waals surface area (Å²) in [5, 5.41) is 3.83. The van der Waals surface area contributed by atoms with Gasteiger partial charge < -0.3 is 15.0 Å². The van der Waals surface area contributed by atoms with Crippen molar-refractivity contribution >= 4 is 5.91 Å². The third kappa shape index (κ3) is 3.46. The van der Waals surface area contributed by atoms with Crippen molar-refractivity contribution in [2.75, 3.05) is 0 Å². The van der Waals surface area contributed by atoms with E-state index in [-0.39, 0.29) is 5.76 Å². The number of hydrogen-bond acceptors (Lipinski definition) is 4. The summed E-state index contributed by atoms with van der Waals surface area (Å²) in [6.45, 7) is 4.69. The van der Waals surface area contributed by atoms with E-state index in [1.54, 1.807) is 0 Å². The third-order valence-electron chi connectivity index (χ3n) is 3.88. The van der Waals surface area contributed by atoms with Crippen LogP contribution in [0.2, 0.25) is 0 Å². The first-order valence-electron chi connectivity index (χ1n) is 7.59. The zero-order valence-electron chi connectivity index (χ0n) is 13.6. The molecule has 0 aliphatic carbocycles. The van der Waals surface area contributed by atoms with Crippen LogP contribution in [0.1, 0.15) is 27.2 Å². The zero-order chi connectivity index (χ0) is 17.1. The summed E-state index contributed by atoms with van der Waals surface area (Å²) in [5.74, 6) is 0.165. The SMILES string of the molecule is Cc1ccc(COc2ccc(-c3cc(C(N)=O)on3)cc2)cc1C. The summed E-state index contributed by atoms with van der Waals surface area (Å²) in [7, 11) is 0. The molecule has 2 aromatic carbocycles. The molecule has 3 rings (SSSR count). The third-order valence-corrected chi connectivity index (χ3v) is 3.88. The van der Waals surface area contributed by atoms with Gasteiger partial charge in [0, 0.05) is 11.6 Å². The summed E-state index contributed by atoms with van der Waals surface area (Å²) in [6, 6.07) is 15.2. The minimum absolute atomic E-state index is 0.0417. The van der Waals surface area contributed by atoms with Crippen LogP contribution in [0.25, 0.3) is 11.3 Å². The normalized spacial score (nSPS) is 10.6. The molecule has 122 valence electrons. The second-order valence-electron chi connectivity index (χ2n) is 5.67. The van der Waals surface area contributed by atoms with Crippen LogP contribution in [-0.4, -0.2) is 11.1 Å². The monoisotopic (exact) mass is 322 g/mol. The quantitative estimate of drug-likeness (QED) is 0.778. The molecule has 1 heterocycles. The van der Waals surface area contributed by atoms with Crippen LogP contribution < -0.4 is 10.5 Å². The number of carbonyl (C=O) groups is 1. The van der Waals surface area contributed by atoms with E-state index in [1.165, 1.54) is 17.2 Å². The maximum absolute atomic E-state index is 11.0. The average molecular weight is 322 g/mol. The van der Waals surface area contributed by atoms with Gasteiger partial charge in [-0.05, 0) is 54.8 Å². The van der Waals surface area contributed by atoms with Gasteiger partial charge in [0.05, 0.1) is 0 Å². The molecule has 0 aliphatic rings. The van der Waals surface area contributed by atoms with Crippen molar-refractivity contribution in [2.24, 2.45) is 5.73 Å². The van der Waals surface area contributed by atoms with E-state index in [0.717, 1.165) is 16.9 Å². The fourth-order valence-electron chi connectivity index (χ4n) is 2.31. The number of nitrogens with zero attached hydrogens (tertiary/aromatic N) is 1. The number of amides is 1. The number of aromatic nitrogens is 1. The summed E-state index contributed by atoms with van der Waals surface area (Å²) in [6.07, 6.45) is 0. The summed E-state index contributed by atoms with van der Waals surface area (Å²) < 4.78 is 10.7. The molecule has 5 heteroatoms. The maximum Gasteiger partial charge on any atom is 0.287 e. The van der Waals surface area contributed by atoms with E-state index in [2.05, 4.69) is 37.2 Å². The van der Waals surface area contributed by atoms with Crippen LogP contribution in [0.15, 0.2) is 53.1 Å². The molecule has 0 bridgehead atoms. The Labute approximate surface area is 140 Å². The first-order chi connectivity index (χ1) is 11.5. The molecule has 0 radical (unpaired) electrons. The van der Waals surface area contributed by atoms with Gasteiger partial charge in [0.25, 0.3) is 5.91 Å². The molecule has 0 spiro atoms. The first kappa shape index (κ1) is 15.8. The molecule has 1 amide bonds. The van der Waals surface area contributed by atoms with Crippen LogP contribution in [0, 0.1) is 13.8 Å². The molecular formula is C19H18N2O3. The Morgan fingerprint density at radius 1 is 1.08 bits per heavy atom. The van der Waals surface area contributed by atoms with E-state index in [4.69, 9.17) is 15.0 Å². The predicted molar refractivity (Wildman–Crippen MR) is 90.7 cm³/mol. The molecular weight excluding hydrogens is 304 g/mol. The van der Waals surface area contributed by atoms with E-state index >= 15 is 0 Å². The maximum atomic E-state index is 11.0. The standard InChI is InChI=1S/C19H18N2O3/c1-12-3-4-14(9-13(12)2)11-23-16-7-5-15(6-8-16)17-10-18(19(20)22)24-21-17/h3-10H,11H2,1-2H3,(H2,20,22). The topological polar surface area (TPSA) is 78.4 Å². The van der Waals surface area contributed by atoms with Crippen molar-refractivity contribution in [3.8, 4) is 17.0 Å². The lowest BCUT2D eigenvalue weighted by Crippen LogP contribution is -2.09. The Hall–Kier alpha value is -3.08. The summed E-state index contributed by atoms with van der Waals surface area (Å²) in [4.78, 5) is 11.0. The molecule has 0 saturated heterocycles. The molecule has 0 aliphatic heterocycles. The highest BCUT2D eigenvalue weighted by molar-refractivity contribution is 5.90. The number of nitrogens with two attached hydrogens (primary N) is 1. The lowest BCUT2D eigenvalue weighted by molar-refractivity contribution is 0.0965. The number of hydrogen-bond donors (Lipinski definition) is 1. The number of rotatable bonds is 5. The zero-order valence-corrected chi connectivity index (χ0v) is 13.6. The summed E-state index contributed by atoms with van der Waals surface area (Å²) in [5.41, 5.74) is 10.2. The Morgan fingerprint density at radius 2 is 1.83 bits per heavy atom. The Balaban J connectivity index is 1.67. The lowest BCUT2D eigenvalue weighted by atomic mass is 10.1. The van der Waals surface area contributed by atoms with Crippen molar-refractivity contribution in [3.05, 3.63) is 71.0 Å². The second-order valence-corrected chi connectivity index (χ2v) is 5.67. The molecule has 5 nitrogen and oxygen atoms in total. The largest absolute Gasteiger partial charge is 0.489 e. The van der Waals surface area contributed by atoms with E-state index in [0.29, 0.717) is 12.3 Å². The minimum atomic E-state index is -0.637. The fourth-order valence-corrected chi connectivity index (χ4v) is 2.31. The average Bonchev–Trinajstić information content (AvgIpc) is 3.07. The van der Waals surface area contributed by atoms with Crippen LogP contribution in [0.3, 0.4) is 0 Å². The van der Waals surface area contributed by atoms with Gasteiger partial charge >= 0.3 is 0 Å². The Kier molecular flexibility index (Phi) is 4.33. The smallest absolute Gasteiger partial charge is 0.287 e. The first-order valence-corrected chi connectivity index (χ1v) is 7.59. The van der Waals surface area contributed by atoms with Gasteiger partial charge in [-0.2, -0.15) is 0 Å².